The Bertz CT molecular complexity index is 599. The summed E-state index contributed by atoms with van der Waals surface area (Å²) in [5, 5.41) is 7.67. The minimum atomic E-state index is 0.811. The molecule has 22 heavy (non-hydrogen) atoms. The zero-order valence-electron chi connectivity index (χ0n) is 13.5. The molecule has 5 nitrogen and oxygen atoms in total. The van der Waals surface area contributed by atoms with E-state index in [1.807, 2.05) is 24.1 Å². The number of hydrogen-bond acceptors (Lipinski definition) is 4. The van der Waals surface area contributed by atoms with Crippen LogP contribution in [0.3, 0.4) is 0 Å². The first-order valence-corrected chi connectivity index (χ1v) is 7.90. The first-order valence-electron chi connectivity index (χ1n) is 7.90. The molecule has 1 N–H and O–H groups in total. The molecule has 0 bridgehead atoms. The quantitative estimate of drug-likeness (QED) is 0.913. The molecule has 1 aliphatic heterocycles. The van der Waals surface area contributed by atoms with Gasteiger partial charge in [0, 0.05) is 63.8 Å². The number of rotatable bonds is 5. The van der Waals surface area contributed by atoms with Gasteiger partial charge in [-0.3, -0.25) is 9.58 Å². The first-order chi connectivity index (χ1) is 10.7. The second-order valence-electron chi connectivity index (χ2n) is 6.16. The summed E-state index contributed by atoms with van der Waals surface area (Å²) in [5.74, 6) is 0. The number of aryl methyl sites for hydroxylation is 1. The lowest BCUT2D eigenvalue weighted by molar-refractivity contribution is 0.148. The summed E-state index contributed by atoms with van der Waals surface area (Å²) >= 11 is 0. The van der Waals surface area contributed by atoms with Crippen molar-refractivity contribution in [3.63, 3.8) is 0 Å². The molecular formula is C17H25N5. The number of piperazine rings is 1. The van der Waals surface area contributed by atoms with Gasteiger partial charge in [-0.15, -0.1) is 0 Å². The maximum Gasteiger partial charge on any atom is 0.0539 e. The van der Waals surface area contributed by atoms with Crippen LogP contribution >= 0.6 is 0 Å². The van der Waals surface area contributed by atoms with Crippen molar-refractivity contribution in [2.45, 2.75) is 13.1 Å². The van der Waals surface area contributed by atoms with Crippen LogP contribution in [-0.4, -0.2) is 52.8 Å². The monoisotopic (exact) mass is 299 g/mol. The van der Waals surface area contributed by atoms with E-state index >= 15 is 0 Å². The Labute approximate surface area is 132 Å². The Hall–Kier alpha value is -1.85. The number of likely N-dealkylation sites (N-methyl/N-ethyl adjacent to an activating group) is 1. The SMILES string of the molecule is CN1CCN(Cc2cccc(NCc3cnn(C)c3)c2)CC1. The molecule has 0 saturated carbocycles. The van der Waals surface area contributed by atoms with Crippen LogP contribution in [0.15, 0.2) is 36.7 Å². The molecular weight excluding hydrogens is 274 g/mol. The third-order valence-electron chi connectivity index (χ3n) is 4.18. The predicted molar refractivity (Wildman–Crippen MR) is 89.8 cm³/mol. The van der Waals surface area contributed by atoms with Crippen molar-refractivity contribution in [3.8, 4) is 0 Å². The number of nitrogens with zero attached hydrogens (tertiary/aromatic N) is 4. The average molecular weight is 299 g/mol. The van der Waals surface area contributed by atoms with Gasteiger partial charge >= 0.3 is 0 Å². The maximum atomic E-state index is 4.20. The second-order valence-corrected chi connectivity index (χ2v) is 6.16. The van der Waals surface area contributed by atoms with Gasteiger partial charge in [0.1, 0.15) is 0 Å². The molecule has 1 fully saturated rings. The fraction of sp³-hybridized carbons (Fsp3) is 0.471. The highest BCUT2D eigenvalue weighted by Gasteiger charge is 2.13. The van der Waals surface area contributed by atoms with E-state index in [4.69, 9.17) is 0 Å². The molecule has 1 aromatic heterocycles. The molecule has 0 aliphatic carbocycles. The first kappa shape index (κ1) is 15.1. The number of nitrogens with one attached hydrogen (secondary N) is 1. The van der Waals surface area contributed by atoms with Crippen LogP contribution in [-0.2, 0) is 20.1 Å². The Morgan fingerprint density at radius 2 is 1.91 bits per heavy atom. The number of benzene rings is 1. The third-order valence-corrected chi connectivity index (χ3v) is 4.18. The maximum absolute atomic E-state index is 4.20. The van der Waals surface area contributed by atoms with Gasteiger partial charge in [-0.2, -0.15) is 5.10 Å². The standard InChI is InChI=1S/C17H25N5/c1-20-6-8-22(9-7-20)14-15-4-3-5-17(10-15)18-11-16-12-19-21(2)13-16/h3-5,10,12-13,18H,6-9,11,14H2,1-2H3. The summed E-state index contributed by atoms with van der Waals surface area (Å²) in [6.45, 7) is 6.49. The van der Waals surface area contributed by atoms with E-state index in [1.54, 1.807) is 0 Å². The van der Waals surface area contributed by atoms with Crippen molar-refractivity contribution in [2.75, 3.05) is 38.5 Å². The van der Waals surface area contributed by atoms with Crippen LogP contribution in [0.2, 0.25) is 0 Å². The topological polar surface area (TPSA) is 36.3 Å². The largest absolute Gasteiger partial charge is 0.381 e. The minimum Gasteiger partial charge on any atom is -0.381 e. The van der Waals surface area contributed by atoms with Gasteiger partial charge < -0.3 is 10.2 Å². The number of aromatic nitrogens is 2. The second kappa shape index (κ2) is 6.94. The molecule has 0 unspecified atom stereocenters. The van der Waals surface area contributed by atoms with E-state index in [-0.39, 0.29) is 0 Å². The van der Waals surface area contributed by atoms with Crippen molar-refractivity contribution in [3.05, 3.63) is 47.8 Å². The average Bonchev–Trinajstić information content (AvgIpc) is 2.94. The summed E-state index contributed by atoms with van der Waals surface area (Å²) in [6, 6.07) is 8.74. The van der Waals surface area contributed by atoms with E-state index in [0.717, 1.165) is 26.2 Å². The highest BCUT2D eigenvalue weighted by molar-refractivity contribution is 5.46. The van der Waals surface area contributed by atoms with Gasteiger partial charge in [-0.1, -0.05) is 12.1 Å². The molecule has 5 heteroatoms. The lowest BCUT2D eigenvalue weighted by Gasteiger charge is -2.32. The van der Waals surface area contributed by atoms with Crippen molar-refractivity contribution >= 4 is 5.69 Å². The molecule has 2 aromatic rings. The lowest BCUT2D eigenvalue weighted by atomic mass is 10.1. The molecule has 0 amide bonds. The molecule has 1 aliphatic rings. The molecule has 0 radical (unpaired) electrons. The third kappa shape index (κ3) is 4.08. The van der Waals surface area contributed by atoms with E-state index in [0.29, 0.717) is 0 Å². The Balaban J connectivity index is 1.55. The van der Waals surface area contributed by atoms with E-state index in [9.17, 15) is 0 Å². The molecule has 0 atom stereocenters. The van der Waals surface area contributed by atoms with E-state index in [1.165, 1.54) is 29.9 Å². The zero-order chi connectivity index (χ0) is 15.4. The fourth-order valence-corrected chi connectivity index (χ4v) is 2.81. The van der Waals surface area contributed by atoms with Crippen molar-refractivity contribution in [1.29, 1.82) is 0 Å². The van der Waals surface area contributed by atoms with Crippen LogP contribution < -0.4 is 5.32 Å². The zero-order valence-corrected chi connectivity index (χ0v) is 13.5. The van der Waals surface area contributed by atoms with Crippen molar-refractivity contribution in [1.82, 2.24) is 19.6 Å². The Kier molecular flexibility index (Phi) is 4.75. The normalized spacial score (nSPS) is 16.8. The summed E-state index contributed by atoms with van der Waals surface area (Å²) in [7, 11) is 4.14. The Morgan fingerprint density at radius 3 is 2.64 bits per heavy atom. The molecule has 1 saturated heterocycles. The molecule has 3 rings (SSSR count). The predicted octanol–water partition coefficient (Wildman–Crippen LogP) is 1.78. The van der Waals surface area contributed by atoms with Gasteiger partial charge in [0.25, 0.3) is 0 Å². The van der Waals surface area contributed by atoms with Crippen LogP contribution in [0.4, 0.5) is 5.69 Å². The number of anilines is 1. The van der Waals surface area contributed by atoms with Crippen LogP contribution in [0.5, 0.6) is 0 Å². The molecule has 2 heterocycles. The van der Waals surface area contributed by atoms with Gasteiger partial charge in [-0.05, 0) is 24.7 Å². The van der Waals surface area contributed by atoms with Crippen molar-refractivity contribution < 1.29 is 0 Å². The molecule has 1 aromatic carbocycles. The summed E-state index contributed by atoms with van der Waals surface area (Å²) in [5.41, 5.74) is 3.75. The minimum absolute atomic E-state index is 0.811. The van der Waals surface area contributed by atoms with Gasteiger partial charge in [0.05, 0.1) is 6.20 Å². The van der Waals surface area contributed by atoms with Gasteiger partial charge in [-0.25, -0.2) is 0 Å². The van der Waals surface area contributed by atoms with Gasteiger partial charge in [0.2, 0.25) is 0 Å². The Morgan fingerprint density at radius 1 is 1.09 bits per heavy atom. The highest BCUT2D eigenvalue weighted by Crippen LogP contribution is 2.14. The fourth-order valence-electron chi connectivity index (χ4n) is 2.81. The smallest absolute Gasteiger partial charge is 0.0539 e. The summed E-state index contributed by atoms with van der Waals surface area (Å²) in [6.07, 6.45) is 3.95. The lowest BCUT2D eigenvalue weighted by Crippen LogP contribution is -2.43. The molecule has 118 valence electrons. The highest BCUT2D eigenvalue weighted by atomic mass is 15.2. The van der Waals surface area contributed by atoms with Crippen LogP contribution in [0, 0.1) is 0 Å². The number of hydrogen-bond donors (Lipinski definition) is 1. The van der Waals surface area contributed by atoms with Crippen LogP contribution in [0.25, 0.3) is 0 Å². The van der Waals surface area contributed by atoms with E-state index in [2.05, 4.69) is 51.5 Å². The summed E-state index contributed by atoms with van der Waals surface area (Å²) < 4.78 is 1.83. The van der Waals surface area contributed by atoms with E-state index < -0.39 is 0 Å². The summed E-state index contributed by atoms with van der Waals surface area (Å²) in [4.78, 5) is 4.92. The van der Waals surface area contributed by atoms with Gasteiger partial charge in [0.15, 0.2) is 0 Å². The van der Waals surface area contributed by atoms with Crippen LogP contribution in [0.1, 0.15) is 11.1 Å². The van der Waals surface area contributed by atoms with Crippen molar-refractivity contribution in [2.24, 2.45) is 7.05 Å². The molecule has 0 spiro atoms.